The van der Waals surface area contributed by atoms with Gasteiger partial charge < -0.3 is 15.1 Å². The van der Waals surface area contributed by atoms with Crippen LogP contribution in [0, 0.1) is 17.5 Å². The molecule has 0 fully saturated rings. The molecule has 2 atom stereocenters. The maximum absolute atomic E-state index is 14.8. The fourth-order valence-electron chi connectivity index (χ4n) is 3.20. The first-order valence-electron chi connectivity index (χ1n) is 10.2. The zero-order chi connectivity index (χ0) is 24.8. The predicted molar refractivity (Wildman–Crippen MR) is 133 cm³/mol. The lowest BCUT2D eigenvalue weighted by Gasteiger charge is -2.32. The molecule has 0 heterocycles. The van der Waals surface area contributed by atoms with Crippen molar-refractivity contribution in [2.75, 3.05) is 10.1 Å². The summed E-state index contributed by atoms with van der Waals surface area (Å²) in [6, 6.07) is 12.8. The summed E-state index contributed by atoms with van der Waals surface area (Å²) < 4.78 is 44.6. The normalized spacial score (nSPS) is 12.9. The summed E-state index contributed by atoms with van der Waals surface area (Å²) in [7, 11) is 0. The summed E-state index contributed by atoms with van der Waals surface area (Å²) in [5.41, 5.74) is 6.89. The number of rotatable bonds is 10. The summed E-state index contributed by atoms with van der Waals surface area (Å²) in [5, 5.41) is 9.53. The number of anilines is 1. The Kier molecular flexibility index (Phi) is 9.18. The quantitative estimate of drug-likeness (QED) is 0.287. The number of benzene rings is 3. The highest BCUT2D eigenvalue weighted by Crippen LogP contribution is 2.40. The van der Waals surface area contributed by atoms with E-state index in [1.165, 1.54) is 35.8 Å². The highest BCUT2D eigenvalue weighted by atomic mass is 35.5. The number of thioether (sulfide) groups is 1. The van der Waals surface area contributed by atoms with Crippen molar-refractivity contribution in [1.29, 1.82) is 0 Å². The van der Waals surface area contributed by atoms with Gasteiger partial charge in [-0.05, 0) is 78.5 Å². The van der Waals surface area contributed by atoms with Gasteiger partial charge in [-0.1, -0.05) is 17.7 Å². The Bertz CT molecular complexity index is 1150. The van der Waals surface area contributed by atoms with E-state index in [2.05, 4.69) is 0 Å². The molecule has 0 spiro atoms. The van der Waals surface area contributed by atoms with Crippen LogP contribution in [0.2, 0.25) is 5.02 Å². The molecule has 10 heteroatoms. The van der Waals surface area contributed by atoms with E-state index < -0.39 is 35.5 Å². The fourth-order valence-corrected chi connectivity index (χ4v) is 5.31. The summed E-state index contributed by atoms with van der Waals surface area (Å²) in [4.78, 5) is 11.7. The Morgan fingerprint density at radius 2 is 1.71 bits per heavy atom. The van der Waals surface area contributed by atoms with Crippen molar-refractivity contribution < 1.29 is 23.1 Å². The van der Waals surface area contributed by atoms with E-state index in [9.17, 15) is 18.0 Å². The average molecular weight is 527 g/mol. The first kappa shape index (κ1) is 26.3. The largest absolute Gasteiger partial charge is 0.480 e. The number of hydrogen-bond acceptors (Lipinski definition) is 5. The first-order chi connectivity index (χ1) is 16.2. The van der Waals surface area contributed by atoms with E-state index in [4.69, 9.17) is 22.4 Å². The van der Waals surface area contributed by atoms with Gasteiger partial charge in [0.1, 0.15) is 23.5 Å². The van der Waals surface area contributed by atoms with Crippen molar-refractivity contribution >= 4 is 47.0 Å². The maximum Gasteiger partial charge on any atom is 0.321 e. The number of carboxylic acid groups (broad SMARTS) is 1. The molecule has 0 aliphatic rings. The lowest BCUT2D eigenvalue weighted by Crippen LogP contribution is -2.32. The number of halogens is 4. The van der Waals surface area contributed by atoms with Gasteiger partial charge >= 0.3 is 5.97 Å². The number of carboxylic acids is 1. The van der Waals surface area contributed by atoms with Crippen LogP contribution in [0.1, 0.15) is 24.1 Å². The molecule has 3 aromatic carbocycles. The molecule has 3 N–H and O–H groups in total. The van der Waals surface area contributed by atoms with E-state index in [0.29, 0.717) is 21.9 Å². The predicted octanol–water partition coefficient (Wildman–Crippen LogP) is 6.68. The molecule has 2 unspecified atom stereocenters. The van der Waals surface area contributed by atoms with Crippen LogP contribution in [-0.4, -0.2) is 22.9 Å². The molecule has 0 aliphatic carbocycles. The Labute approximate surface area is 209 Å². The second kappa shape index (κ2) is 11.9. The van der Waals surface area contributed by atoms with E-state index >= 15 is 0 Å². The van der Waals surface area contributed by atoms with Crippen LogP contribution in [0.3, 0.4) is 0 Å². The van der Waals surface area contributed by atoms with Crippen LogP contribution in [-0.2, 0) is 10.5 Å². The fraction of sp³-hybridized carbons (Fsp3) is 0.208. The average Bonchev–Trinajstić information content (AvgIpc) is 2.80. The zero-order valence-electron chi connectivity index (χ0n) is 18.1. The van der Waals surface area contributed by atoms with Gasteiger partial charge in [-0.3, -0.25) is 4.79 Å². The van der Waals surface area contributed by atoms with E-state index in [1.54, 1.807) is 41.6 Å². The van der Waals surface area contributed by atoms with Crippen LogP contribution in [0.5, 0.6) is 0 Å². The minimum Gasteiger partial charge on any atom is -0.480 e. The molecular formula is C24H22ClF3N2O2S2. The zero-order valence-corrected chi connectivity index (χ0v) is 20.4. The van der Waals surface area contributed by atoms with Crippen LogP contribution in [0.15, 0.2) is 65.6 Å². The molecule has 0 aliphatic heterocycles. The molecule has 3 rings (SSSR count). The summed E-state index contributed by atoms with van der Waals surface area (Å²) >= 11 is 8.43. The Hall–Kier alpha value is -2.33. The Morgan fingerprint density at radius 3 is 2.38 bits per heavy atom. The number of hydrogen-bond donors (Lipinski definition) is 2. The molecule has 0 saturated carbocycles. The lowest BCUT2D eigenvalue weighted by molar-refractivity contribution is -0.137. The van der Waals surface area contributed by atoms with Gasteiger partial charge in [-0.2, -0.15) is 11.8 Å². The second-order valence-electron chi connectivity index (χ2n) is 7.45. The Morgan fingerprint density at radius 1 is 1.06 bits per heavy atom. The van der Waals surface area contributed by atoms with Gasteiger partial charge in [-0.15, -0.1) is 0 Å². The van der Waals surface area contributed by atoms with E-state index in [-0.39, 0.29) is 11.4 Å². The van der Waals surface area contributed by atoms with E-state index in [0.717, 1.165) is 23.1 Å². The van der Waals surface area contributed by atoms with Crippen molar-refractivity contribution in [2.45, 2.75) is 29.7 Å². The van der Waals surface area contributed by atoms with Crippen LogP contribution < -0.4 is 10.0 Å². The van der Waals surface area contributed by atoms with Crippen LogP contribution in [0.25, 0.3) is 0 Å². The molecule has 34 heavy (non-hydrogen) atoms. The van der Waals surface area contributed by atoms with Crippen molar-refractivity contribution in [3.8, 4) is 0 Å². The molecule has 0 bridgehead atoms. The van der Waals surface area contributed by atoms with Gasteiger partial charge in [-0.25, -0.2) is 13.2 Å². The van der Waals surface area contributed by atoms with Crippen molar-refractivity contribution in [3.05, 3.63) is 94.3 Å². The monoisotopic (exact) mass is 526 g/mol. The van der Waals surface area contributed by atoms with Crippen molar-refractivity contribution in [3.63, 3.8) is 0 Å². The van der Waals surface area contributed by atoms with Gasteiger partial charge in [0.25, 0.3) is 0 Å². The van der Waals surface area contributed by atoms with Crippen LogP contribution in [0.4, 0.5) is 18.9 Å². The minimum absolute atomic E-state index is 0.0308. The second-order valence-corrected chi connectivity index (χ2v) is 9.96. The summed E-state index contributed by atoms with van der Waals surface area (Å²) in [6.07, 6.45) is 0. The molecule has 180 valence electrons. The highest BCUT2D eigenvalue weighted by Gasteiger charge is 2.24. The Balaban J connectivity index is 1.97. The number of nitrogens with two attached hydrogens (primary N) is 1. The van der Waals surface area contributed by atoms with Crippen molar-refractivity contribution in [2.24, 2.45) is 5.73 Å². The first-order valence-corrected chi connectivity index (χ1v) is 12.5. The molecular weight excluding hydrogens is 505 g/mol. The van der Waals surface area contributed by atoms with Gasteiger partial charge in [0.2, 0.25) is 0 Å². The van der Waals surface area contributed by atoms with E-state index in [1.807, 2.05) is 0 Å². The number of aliphatic carboxylic acids is 1. The lowest BCUT2D eigenvalue weighted by atomic mass is 10.0. The van der Waals surface area contributed by atoms with Crippen LogP contribution >= 0.6 is 35.3 Å². The number of carbonyl (C=O) groups is 1. The van der Waals surface area contributed by atoms with Gasteiger partial charge in [0.05, 0.1) is 11.7 Å². The summed E-state index contributed by atoms with van der Waals surface area (Å²) in [5.74, 6) is -2.34. The molecule has 4 nitrogen and oxygen atoms in total. The molecule has 0 saturated heterocycles. The highest BCUT2D eigenvalue weighted by molar-refractivity contribution is 8.00. The summed E-state index contributed by atoms with van der Waals surface area (Å²) in [6.45, 7) is 1.80. The molecule has 0 radical (unpaired) electrons. The SMILES string of the molecule is CC(c1ccc(F)cc1CSCC(N)C(=O)O)N(Sc1ccc(Cl)cc1)c1cc(F)ccc1F. The number of nitrogens with zero attached hydrogens (tertiary/aromatic N) is 1. The minimum atomic E-state index is -1.12. The molecule has 0 aromatic heterocycles. The molecule has 0 amide bonds. The maximum atomic E-state index is 14.8. The standard InChI is InChI=1S/C24H22ClF3N2O2S2/c1-14(20-8-4-17(26)10-15(20)12-33-13-22(29)24(31)32)30(23-11-18(27)5-9-21(23)28)34-19-6-2-16(25)3-7-19/h2-11,14,22H,12-13,29H2,1H3,(H,31,32). The van der Waals surface area contributed by atoms with Gasteiger partial charge in [0.15, 0.2) is 0 Å². The molecule has 3 aromatic rings. The van der Waals surface area contributed by atoms with Crippen molar-refractivity contribution in [1.82, 2.24) is 0 Å². The third-order valence-electron chi connectivity index (χ3n) is 4.94. The third kappa shape index (κ3) is 6.85. The van der Waals surface area contributed by atoms with Gasteiger partial charge in [0, 0.05) is 27.5 Å². The third-order valence-corrected chi connectivity index (χ3v) is 7.50. The topological polar surface area (TPSA) is 66.6 Å². The smallest absolute Gasteiger partial charge is 0.321 e.